The van der Waals surface area contributed by atoms with Crippen molar-refractivity contribution >= 4 is 5.97 Å². The molecule has 0 aromatic carbocycles. The van der Waals surface area contributed by atoms with Crippen molar-refractivity contribution in [1.29, 1.82) is 0 Å². The third kappa shape index (κ3) is 2.55. The third-order valence-corrected chi connectivity index (χ3v) is 3.91. The topological polar surface area (TPSA) is 43.8 Å². The van der Waals surface area contributed by atoms with Crippen molar-refractivity contribution < 1.29 is 9.90 Å². The average Bonchev–Trinajstić information content (AvgIpc) is 2.60. The number of hydrogen-bond donors (Lipinski definition) is 1. The second kappa shape index (κ2) is 5.15. The van der Waals surface area contributed by atoms with E-state index in [4.69, 9.17) is 5.11 Å². The largest absolute Gasteiger partial charge is 0.480 e. The number of carboxylic acid groups (broad SMARTS) is 1. The fraction of sp³-hybridized carbons (Fsp3) is 0.917. The highest BCUT2D eigenvalue weighted by Gasteiger charge is 2.37. The highest BCUT2D eigenvalue weighted by atomic mass is 16.4. The second-order valence-electron chi connectivity index (χ2n) is 5.07. The monoisotopic (exact) mass is 226 g/mol. The smallest absolute Gasteiger partial charge is 0.317 e. The van der Waals surface area contributed by atoms with Crippen LogP contribution in [-0.2, 0) is 4.79 Å². The molecule has 0 amide bonds. The van der Waals surface area contributed by atoms with Gasteiger partial charge in [-0.15, -0.1) is 0 Å². The summed E-state index contributed by atoms with van der Waals surface area (Å²) < 4.78 is 0. The lowest BCUT2D eigenvalue weighted by molar-refractivity contribution is -0.139. The zero-order valence-corrected chi connectivity index (χ0v) is 10.1. The summed E-state index contributed by atoms with van der Waals surface area (Å²) in [7, 11) is 0. The molecule has 1 N–H and O–H groups in total. The minimum atomic E-state index is -0.686. The van der Waals surface area contributed by atoms with Crippen LogP contribution >= 0.6 is 0 Å². The number of aliphatic carboxylic acids is 1. The van der Waals surface area contributed by atoms with E-state index < -0.39 is 5.97 Å². The standard InChI is InChI=1S/C12H22N2O2/c1-2-5-14(9-12(15)16)11-4-7-13-6-3-10(11)8-13/h10-11H,2-9H2,1H3,(H,15,16). The molecule has 2 aliphatic heterocycles. The van der Waals surface area contributed by atoms with Gasteiger partial charge in [0.1, 0.15) is 0 Å². The van der Waals surface area contributed by atoms with Gasteiger partial charge in [0.2, 0.25) is 0 Å². The number of hydrogen-bond acceptors (Lipinski definition) is 3. The van der Waals surface area contributed by atoms with Gasteiger partial charge in [0.15, 0.2) is 0 Å². The van der Waals surface area contributed by atoms with E-state index in [-0.39, 0.29) is 6.54 Å². The Kier molecular flexibility index (Phi) is 3.82. The molecule has 2 aliphatic rings. The van der Waals surface area contributed by atoms with Crippen molar-refractivity contribution in [3.63, 3.8) is 0 Å². The van der Waals surface area contributed by atoms with E-state index in [1.54, 1.807) is 0 Å². The summed E-state index contributed by atoms with van der Waals surface area (Å²) in [4.78, 5) is 15.6. The Morgan fingerprint density at radius 1 is 1.44 bits per heavy atom. The minimum Gasteiger partial charge on any atom is -0.480 e. The molecule has 3 atom stereocenters. The maximum Gasteiger partial charge on any atom is 0.317 e. The van der Waals surface area contributed by atoms with Crippen LogP contribution in [0.5, 0.6) is 0 Å². The molecular formula is C12H22N2O2. The minimum absolute atomic E-state index is 0.217. The molecule has 2 bridgehead atoms. The van der Waals surface area contributed by atoms with Gasteiger partial charge in [-0.05, 0) is 44.8 Å². The first-order valence-corrected chi connectivity index (χ1v) is 6.39. The predicted octanol–water partition coefficient (Wildman–Crippen LogP) is 0.877. The molecule has 0 spiro atoms. The summed E-state index contributed by atoms with van der Waals surface area (Å²) in [6, 6.07) is 0.509. The van der Waals surface area contributed by atoms with Gasteiger partial charge in [-0.1, -0.05) is 6.92 Å². The molecule has 2 saturated heterocycles. The number of nitrogens with zero attached hydrogens (tertiary/aromatic N) is 2. The highest BCUT2D eigenvalue weighted by Crippen LogP contribution is 2.30. The predicted molar refractivity (Wildman–Crippen MR) is 62.5 cm³/mol. The van der Waals surface area contributed by atoms with E-state index in [0.717, 1.165) is 25.9 Å². The molecule has 4 nitrogen and oxygen atoms in total. The second-order valence-corrected chi connectivity index (χ2v) is 5.07. The SMILES string of the molecule is CCCN(CC(=O)O)C1CCN2CCC1C2. The van der Waals surface area contributed by atoms with Gasteiger partial charge >= 0.3 is 5.97 Å². The number of piperidine rings is 1. The van der Waals surface area contributed by atoms with Crippen molar-refractivity contribution in [3.8, 4) is 0 Å². The lowest BCUT2D eigenvalue weighted by Crippen LogP contribution is -2.48. The molecular weight excluding hydrogens is 204 g/mol. The first-order valence-electron chi connectivity index (χ1n) is 6.39. The summed E-state index contributed by atoms with van der Waals surface area (Å²) in [6.07, 6.45) is 3.45. The summed E-state index contributed by atoms with van der Waals surface area (Å²) >= 11 is 0. The molecule has 0 aromatic heterocycles. The van der Waals surface area contributed by atoms with Crippen LogP contribution in [-0.4, -0.2) is 59.6 Å². The van der Waals surface area contributed by atoms with Crippen molar-refractivity contribution in [2.75, 3.05) is 32.7 Å². The molecule has 0 aromatic rings. The Morgan fingerprint density at radius 3 is 2.88 bits per heavy atom. The van der Waals surface area contributed by atoms with Crippen LogP contribution in [0.25, 0.3) is 0 Å². The lowest BCUT2D eigenvalue weighted by atomic mass is 9.92. The molecule has 2 heterocycles. The van der Waals surface area contributed by atoms with Gasteiger partial charge in [-0.3, -0.25) is 9.69 Å². The molecule has 0 aliphatic carbocycles. The van der Waals surface area contributed by atoms with Gasteiger partial charge in [-0.25, -0.2) is 0 Å². The average molecular weight is 226 g/mol. The number of fused-ring (bicyclic) bond motifs is 2. The molecule has 92 valence electrons. The van der Waals surface area contributed by atoms with Crippen LogP contribution in [0.3, 0.4) is 0 Å². The zero-order valence-electron chi connectivity index (χ0n) is 10.1. The fourth-order valence-electron chi connectivity index (χ4n) is 3.23. The first-order chi connectivity index (χ1) is 7.70. The van der Waals surface area contributed by atoms with Gasteiger partial charge in [-0.2, -0.15) is 0 Å². The van der Waals surface area contributed by atoms with Gasteiger partial charge in [0, 0.05) is 12.6 Å². The van der Waals surface area contributed by atoms with Gasteiger partial charge in [0.05, 0.1) is 6.54 Å². The van der Waals surface area contributed by atoms with Crippen molar-refractivity contribution in [2.45, 2.75) is 32.2 Å². The van der Waals surface area contributed by atoms with Crippen molar-refractivity contribution in [3.05, 3.63) is 0 Å². The van der Waals surface area contributed by atoms with Crippen LogP contribution in [0.15, 0.2) is 0 Å². The maximum atomic E-state index is 10.9. The molecule has 2 rings (SSSR count). The summed E-state index contributed by atoms with van der Waals surface area (Å²) in [5.41, 5.74) is 0. The molecule has 0 radical (unpaired) electrons. The van der Waals surface area contributed by atoms with Crippen molar-refractivity contribution in [2.24, 2.45) is 5.92 Å². The van der Waals surface area contributed by atoms with Crippen LogP contribution in [0, 0.1) is 5.92 Å². The molecule has 16 heavy (non-hydrogen) atoms. The molecule has 3 unspecified atom stereocenters. The Hall–Kier alpha value is -0.610. The molecule has 4 heteroatoms. The van der Waals surface area contributed by atoms with E-state index in [1.165, 1.54) is 19.5 Å². The third-order valence-electron chi connectivity index (χ3n) is 3.91. The molecule has 2 fully saturated rings. The number of carboxylic acids is 1. The van der Waals surface area contributed by atoms with Crippen LogP contribution < -0.4 is 0 Å². The van der Waals surface area contributed by atoms with Crippen molar-refractivity contribution in [1.82, 2.24) is 9.80 Å². The lowest BCUT2D eigenvalue weighted by Gasteiger charge is -2.38. The molecule has 0 saturated carbocycles. The Bertz CT molecular complexity index is 257. The van der Waals surface area contributed by atoms with E-state index >= 15 is 0 Å². The van der Waals surface area contributed by atoms with E-state index in [9.17, 15) is 4.79 Å². The summed E-state index contributed by atoms with van der Waals surface area (Å²) in [5, 5.41) is 8.96. The Balaban J connectivity index is 1.98. The van der Waals surface area contributed by atoms with E-state index in [1.807, 2.05) is 0 Å². The Morgan fingerprint density at radius 2 is 2.19 bits per heavy atom. The fourth-order valence-corrected chi connectivity index (χ4v) is 3.23. The van der Waals surface area contributed by atoms with Crippen LogP contribution in [0.4, 0.5) is 0 Å². The maximum absolute atomic E-state index is 10.9. The van der Waals surface area contributed by atoms with Crippen LogP contribution in [0.1, 0.15) is 26.2 Å². The zero-order chi connectivity index (χ0) is 11.5. The highest BCUT2D eigenvalue weighted by molar-refractivity contribution is 5.69. The quantitative estimate of drug-likeness (QED) is 0.755. The normalized spacial score (nSPS) is 33.2. The summed E-state index contributed by atoms with van der Waals surface area (Å²) in [6.45, 7) is 6.82. The van der Waals surface area contributed by atoms with Gasteiger partial charge < -0.3 is 10.0 Å². The van der Waals surface area contributed by atoms with Crippen LogP contribution in [0.2, 0.25) is 0 Å². The Labute approximate surface area is 97.2 Å². The number of rotatable bonds is 5. The summed E-state index contributed by atoms with van der Waals surface area (Å²) in [5.74, 6) is 0.0218. The van der Waals surface area contributed by atoms with Gasteiger partial charge in [0.25, 0.3) is 0 Å². The first kappa shape index (κ1) is 11.9. The van der Waals surface area contributed by atoms with E-state index in [2.05, 4.69) is 16.7 Å². The number of carbonyl (C=O) groups is 1. The van der Waals surface area contributed by atoms with E-state index in [0.29, 0.717) is 12.0 Å².